The Bertz CT molecular complexity index is 1340. The van der Waals surface area contributed by atoms with Crippen LogP contribution >= 0.6 is 11.8 Å². The second-order valence-corrected chi connectivity index (χ2v) is 9.69. The average Bonchev–Trinajstić information content (AvgIpc) is 2.96. The first-order chi connectivity index (χ1) is 18.9. The molecule has 4 rings (SSSR count). The number of benzene rings is 3. The molecule has 0 aliphatic carbocycles. The molecule has 9 nitrogen and oxygen atoms in total. The normalized spacial score (nSPS) is 16.1. The SMILES string of the molecule is CCOC(=O)c1ccc(NC(=O)[C@H]2CC(=O)N(Cc3ccc(OC)cc3)C(=Nc3ccc(OC)cc3)S2)cc1. The smallest absolute Gasteiger partial charge is 0.338 e. The molecule has 1 aliphatic heterocycles. The van der Waals surface area contributed by atoms with Crippen LogP contribution in [0.2, 0.25) is 0 Å². The van der Waals surface area contributed by atoms with Crippen LogP contribution in [-0.4, -0.2) is 53.9 Å². The van der Waals surface area contributed by atoms with E-state index < -0.39 is 11.2 Å². The van der Waals surface area contributed by atoms with E-state index in [1.807, 2.05) is 24.3 Å². The van der Waals surface area contributed by atoms with Crippen molar-refractivity contribution in [3.05, 3.63) is 83.9 Å². The summed E-state index contributed by atoms with van der Waals surface area (Å²) in [6.45, 7) is 2.31. The van der Waals surface area contributed by atoms with Crippen molar-refractivity contribution in [3.63, 3.8) is 0 Å². The summed E-state index contributed by atoms with van der Waals surface area (Å²) in [5.74, 6) is 0.434. The fourth-order valence-electron chi connectivity index (χ4n) is 3.80. The van der Waals surface area contributed by atoms with Gasteiger partial charge in [-0.05, 0) is 73.2 Å². The average molecular weight is 548 g/mol. The molecule has 39 heavy (non-hydrogen) atoms. The third-order valence-electron chi connectivity index (χ3n) is 5.89. The minimum atomic E-state index is -0.689. The fourth-order valence-corrected chi connectivity index (χ4v) is 4.90. The summed E-state index contributed by atoms with van der Waals surface area (Å²) in [5.41, 5.74) is 2.42. The predicted octanol–water partition coefficient (Wildman–Crippen LogP) is 5.04. The van der Waals surface area contributed by atoms with Gasteiger partial charge in [0.05, 0.1) is 38.6 Å². The summed E-state index contributed by atoms with van der Waals surface area (Å²) in [4.78, 5) is 44.7. The van der Waals surface area contributed by atoms with Gasteiger partial charge in [0, 0.05) is 12.1 Å². The molecule has 2 amide bonds. The Kier molecular flexibility index (Phi) is 9.22. The minimum absolute atomic E-state index is 0.00912. The first-order valence-electron chi connectivity index (χ1n) is 12.3. The van der Waals surface area contributed by atoms with Crippen LogP contribution < -0.4 is 14.8 Å². The number of amides is 2. The summed E-state index contributed by atoms with van der Waals surface area (Å²) < 4.78 is 15.5. The quantitative estimate of drug-likeness (QED) is 0.374. The van der Waals surface area contributed by atoms with Crippen LogP contribution in [0.3, 0.4) is 0 Å². The molecule has 3 aromatic rings. The van der Waals surface area contributed by atoms with E-state index in [4.69, 9.17) is 19.2 Å². The highest BCUT2D eigenvalue weighted by molar-refractivity contribution is 8.15. The number of methoxy groups -OCH3 is 2. The molecular weight excluding hydrogens is 518 g/mol. The van der Waals surface area contributed by atoms with E-state index in [1.165, 1.54) is 11.8 Å². The Balaban J connectivity index is 1.54. The molecule has 10 heteroatoms. The van der Waals surface area contributed by atoms with Gasteiger partial charge >= 0.3 is 5.97 Å². The van der Waals surface area contributed by atoms with Crippen molar-refractivity contribution in [2.45, 2.75) is 25.1 Å². The maximum Gasteiger partial charge on any atom is 0.338 e. The topological polar surface area (TPSA) is 107 Å². The lowest BCUT2D eigenvalue weighted by Gasteiger charge is -2.32. The number of hydrogen-bond donors (Lipinski definition) is 1. The van der Waals surface area contributed by atoms with Crippen molar-refractivity contribution < 1.29 is 28.6 Å². The van der Waals surface area contributed by atoms with Crippen molar-refractivity contribution in [3.8, 4) is 11.5 Å². The molecule has 0 spiro atoms. The molecule has 1 saturated heterocycles. The van der Waals surface area contributed by atoms with Crippen molar-refractivity contribution in [1.82, 2.24) is 4.90 Å². The Labute approximate surface area is 231 Å². The number of nitrogens with one attached hydrogen (secondary N) is 1. The van der Waals surface area contributed by atoms with E-state index in [2.05, 4.69) is 5.32 Å². The zero-order chi connectivity index (χ0) is 27.8. The number of carbonyl (C=O) groups is 3. The Morgan fingerprint density at radius 2 is 1.56 bits per heavy atom. The molecule has 0 bridgehead atoms. The van der Waals surface area contributed by atoms with E-state index in [0.29, 0.717) is 34.4 Å². The molecule has 1 N–H and O–H groups in total. The van der Waals surface area contributed by atoms with Gasteiger partial charge in [-0.3, -0.25) is 14.5 Å². The van der Waals surface area contributed by atoms with Gasteiger partial charge in [-0.2, -0.15) is 0 Å². The van der Waals surface area contributed by atoms with Crippen LogP contribution in [-0.2, 0) is 20.9 Å². The van der Waals surface area contributed by atoms with Crippen molar-refractivity contribution in [2.75, 3.05) is 26.1 Å². The summed E-state index contributed by atoms with van der Waals surface area (Å²) >= 11 is 1.23. The zero-order valence-corrected chi connectivity index (χ0v) is 22.7. The lowest BCUT2D eigenvalue weighted by atomic mass is 10.1. The van der Waals surface area contributed by atoms with Gasteiger partial charge in [0.1, 0.15) is 16.7 Å². The van der Waals surface area contributed by atoms with E-state index >= 15 is 0 Å². The van der Waals surface area contributed by atoms with Crippen molar-refractivity contribution in [1.29, 1.82) is 0 Å². The third kappa shape index (κ3) is 7.17. The Morgan fingerprint density at radius 1 is 0.949 bits per heavy atom. The number of carbonyl (C=O) groups excluding carboxylic acids is 3. The van der Waals surface area contributed by atoms with E-state index in [1.54, 1.807) is 74.6 Å². The lowest BCUT2D eigenvalue weighted by molar-refractivity contribution is -0.129. The number of rotatable bonds is 9. The highest BCUT2D eigenvalue weighted by Crippen LogP contribution is 2.32. The Hall–Kier alpha value is -4.31. The number of amidine groups is 1. The van der Waals surface area contributed by atoms with Crippen LogP contribution in [0.4, 0.5) is 11.4 Å². The monoisotopic (exact) mass is 547 g/mol. The van der Waals surface area contributed by atoms with Crippen LogP contribution in [0.5, 0.6) is 11.5 Å². The van der Waals surface area contributed by atoms with Crippen LogP contribution in [0.1, 0.15) is 29.3 Å². The van der Waals surface area contributed by atoms with Crippen molar-refractivity contribution in [2.24, 2.45) is 4.99 Å². The van der Waals surface area contributed by atoms with E-state index in [9.17, 15) is 14.4 Å². The molecule has 3 aromatic carbocycles. The number of hydrogen-bond acceptors (Lipinski definition) is 8. The Morgan fingerprint density at radius 3 is 2.15 bits per heavy atom. The molecular formula is C29H29N3O6S. The fraction of sp³-hybridized carbons (Fsp3) is 0.241. The lowest BCUT2D eigenvalue weighted by Crippen LogP contribution is -2.44. The third-order valence-corrected chi connectivity index (χ3v) is 7.08. The van der Waals surface area contributed by atoms with Gasteiger partial charge in [-0.1, -0.05) is 23.9 Å². The first kappa shape index (κ1) is 27.7. The number of anilines is 1. The maximum absolute atomic E-state index is 13.3. The molecule has 0 unspecified atom stereocenters. The second-order valence-electron chi connectivity index (χ2n) is 8.52. The van der Waals surface area contributed by atoms with Crippen LogP contribution in [0, 0.1) is 0 Å². The largest absolute Gasteiger partial charge is 0.497 e. The zero-order valence-electron chi connectivity index (χ0n) is 21.9. The van der Waals surface area contributed by atoms with Gasteiger partial charge in [0.2, 0.25) is 11.8 Å². The van der Waals surface area contributed by atoms with Gasteiger partial charge in [-0.15, -0.1) is 0 Å². The van der Waals surface area contributed by atoms with Gasteiger partial charge in [0.15, 0.2) is 5.17 Å². The number of ether oxygens (including phenoxy) is 3. The van der Waals surface area contributed by atoms with E-state index in [-0.39, 0.29) is 24.8 Å². The standard InChI is InChI=1S/C29H29N3O6S/c1-4-38-28(35)20-7-9-21(10-8-20)30-27(34)25-17-26(33)32(18-19-5-13-23(36-2)14-6-19)29(39-25)31-22-11-15-24(37-3)16-12-22/h5-16,25H,4,17-18H2,1-3H3,(H,30,34)/t25-/m1/s1. The maximum atomic E-state index is 13.3. The summed E-state index contributed by atoms with van der Waals surface area (Å²) in [6.07, 6.45) is 0.00912. The van der Waals surface area contributed by atoms with Crippen molar-refractivity contribution >= 4 is 46.1 Å². The van der Waals surface area contributed by atoms with Gasteiger partial charge in [0.25, 0.3) is 0 Å². The number of thioether (sulfide) groups is 1. The molecule has 1 atom stereocenters. The first-order valence-corrected chi connectivity index (χ1v) is 13.2. The highest BCUT2D eigenvalue weighted by atomic mass is 32.2. The molecule has 1 aliphatic rings. The number of nitrogens with zero attached hydrogens (tertiary/aromatic N) is 2. The number of esters is 1. The molecule has 1 fully saturated rings. The highest BCUT2D eigenvalue weighted by Gasteiger charge is 2.36. The van der Waals surface area contributed by atoms with Gasteiger partial charge < -0.3 is 19.5 Å². The molecule has 202 valence electrons. The van der Waals surface area contributed by atoms with Gasteiger partial charge in [-0.25, -0.2) is 9.79 Å². The van der Waals surface area contributed by atoms with E-state index in [0.717, 1.165) is 11.3 Å². The molecule has 1 heterocycles. The molecule has 0 aromatic heterocycles. The second kappa shape index (κ2) is 13.0. The minimum Gasteiger partial charge on any atom is -0.497 e. The summed E-state index contributed by atoms with van der Waals surface area (Å²) in [5, 5.41) is 2.57. The predicted molar refractivity (Wildman–Crippen MR) is 151 cm³/mol. The van der Waals surface area contributed by atoms with Crippen LogP contribution in [0.15, 0.2) is 77.8 Å². The molecule has 0 saturated carbocycles. The summed E-state index contributed by atoms with van der Waals surface area (Å²) in [7, 11) is 3.18. The molecule has 0 radical (unpaired) electrons. The van der Waals surface area contributed by atoms with Crippen LogP contribution in [0.25, 0.3) is 0 Å². The summed E-state index contributed by atoms with van der Waals surface area (Å²) in [6, 6.07) is 21.0. The number of aliphatic imine (C=N–C) groups is 1.